The number of alkyl carbamates (subject to hydrolysis) is 1. The van der Waals surface area contributed by atoms with Crippen LogP contribution in [0.1, 0.15) is 53.2 Å². The van der Waals surface area contributed by atoms with Crippen molar-refractivity contribution in [1.29, 1.82) is 0 Å². The summed E-state index contributed by atoms with van der Waals surface area (Å²) < 4.78 is 33.5. The summed E-state index contributed by atoms with van der Waals surface area (Å²) in [7, 11) is 2.91. The zero-order valence-corrected chi connectivity index (χ0v) is 30.7. The number of thiophene rings is 1. The van der Waals surface area contributed by atoms with Gasteiger partial charge in [0.1, 0.15) is 11.5 Å². The van der Waals surface area contributed by atoms with Crippen molar-refractivity contribution in [1.82, 2.24) is 25.6 Å². The molecule has 2 aromatic heterocycles. The molecule has 0 aliphatic carbocycles. The van der Waals surface area contributed by atoms with Crippen LogP contribution in [0.5, 0.6) is 0 Å². The minimum atomic E-state index is -0.545. The van der Waals surface area contributed by atoms with Crippen LogP contribution in [0.15, 0.2) is 46.9 Å². The summed E-state index contributed by atoms with van der Waals surface area (Å²) in [5, 5.41) is 15.2. The number of aromatic nitrogens is 3. The Morgan fingerprint density at radius 1 is 0.922 bits per heavy atom. The minimum Gasteiger partial charge on any atom is -0.453 e. The van der Waals surface area contributed by atoms with Crippen LogP contribution in [0.3, 0.4) is 0 Å². The first-order valence-electron chi connectivity index (χ1n) is 16.9. The number of aryl methyl sites for hydroxylation is 1. The van der Waals surface area contributed by atoms with E-state index in [1.54, 1.807) is 25.2 Å². The number of hydrogen-bond donors (Lipinski definition) is 2. The standard InChI is InChI=1S/C20H38N4O6.C15H12N2O3S/c1-18(2)4-6-24-16-19(22-23-24)17-30-15-14-29-13-12-28-11-10-27-9-8-26-7-5-20(25)21-3;1-20-15(19)17-13-8-10-7-9(4-5-11(10)16-13)14(18)12-3-2-6-21-12/h16,18H,4-15,17H2,1-3H3,(H,21,25);2-7H,8H2,1H3,(H,16,17,19). The zero-order valence-electron chi connectivity index (χ0n) is 29.9. The number of carbonyl (C=O) groups excluding carboxylic acids is 3. The topological polar surface area (TPSA) is 174 Å². The molecular weight excluding hydrogens is 680 g/mol. The molecule has 1 aromatic carbocycles. The van der Waals surface area contributed by atoms with Gasteiger partial charge >= 0.3 is 6.09 Å². The van der Waals surface area contributed by atoms with Gasteiger partial charge in [0.2, 0.25) is 11.7 Å². The predicted octanol–water partition coefficient (Wildman–Crippen LogP) is 3.96. The van der Waals surface area contributed by atoms with Gasteiger partial charge in [0.15, 0.2) is 0 Å². The Balaban J connectivity index is 0.000000291. The highest BCUT2D eigenvalue weighted by atomic mass is 32.1. The van der Waals surface area contributed by atoms with Crippen LogP contribution in [-0.4, -0.2) is 112 Å². The normalized spacial score (nSPS) is 11.8. The lowest BCUT2D eigenvalue weighted by Gasteiger charge is -2.07. The maximum atomic E-state index is 12.3. The minimum absolute atomic E-state index is 0.00202. The molecule has 1 aliphatic heterocycles. The molecule has 3 aromatic rings. The number of ether oxygens (including phenoxy) is 6. The van der Waals surface area contributed by atoms with Crippen molar-refractivity contribution >= 4 is 40.6 Å². The summed E-state index contributed by atoms with van der Waals surface area (Å²) >= 11 is 1.42. The molecule has 4 rings (SSSR count). The first kappa shape index (κ1) is 41.4. The van der Waals surface area contributed by atoms with E-state index >= 15 is 0 Å². The van der Waals surface area contributed by atoms with E-state index in [9.17, 15) is 14.4 Å². The van der Waals surface area contributed by atoms with Crippen molar-refractivity contribution < 1.29 is 42.8 Å². The summed E-state index contributed by atoms with van der Waals surface area (Å²) in [6, 6.07) is 9.04. The van der Waals surface area contributed by atoms with E-state index in [-0.39, 0.29) is 11.7 Å². The van der Waals surface area contributed by atoms with Gasteiger partial charge in [0, 0.05) is 32.0 Å². The third kappa shape index (κ3) is 16.7. The molecule has 0 radical (unpaired) electrons. The second-order valence-electron chi connectivity index (χ2n) is 11.6. The highest BCUT2D eigenvalue weighted by Crippen LogP contribution is 2.28. The molecule has 1 aliphatic rings. The Morgan fingerprint density at radius 2 is 1.59 bits per heavy atom. The average molecular weight is 731 g/mol. The highest BCUT2D eigenvalue weighted by Gasteiger charge is 2.19. The van der Waals surface area contributed by atoms with Crippen LogP contribution in [0, 0.1) is 5.92 Å². The van der Waals surface area contributed by atoms with Crippen molar-refractivity contribution in [3.05, 3.63) is 63.6 Å². The number of amides is 2. The number of nitrogens with zero attached hydrogens (tertiary/aromatic N) is 4. The van der Waals surface area contributed by atoms with Gasteiger partial charge in [0.25, 0.3) is 0 Å². The number of amidine groups is 1. The second-order valence-corrected chi connectivity index (χ2v) is 12.5. The van der Waals surface area contributed by atoms with Crippen LogP contribution in [0.4, 0.5) is 10.5 Å². The van der Waals surface area contributed by atoms with Crippen LogP contribution < -0.4 is 10.6 Å². The van der Waals surface area contributed by atoms with E-state index in [1.807, 2.05) is 28.4 Å². The van der Waals surface area contributed by atoms with Gasteiger partial charge in [0.05, 0.1) is 89.9 Å². The summed E-state index contributed by atoms with van der Waals surface area (Å²) in [5.74, 6) is 1.15. The van der Waals surface area contributed by atoms with Gasteiger partial charge in [-0.05, 0) is 47.5 Å². The SMILES string of the molecule is CNC(=O)CCOCCOCCOCCOCCOCc1cn(CCC(C)C)nn1.COC(=O)NC1=Nc2ccc(C(=O)c3cccs3)cc2C1. The van der Waals surface area contributed by atoms with Crippen molar-refractivity contribution in [3.63, 3.8) is 0 Å². The monoisotopic (exact) mass is 730 g/mol. The van der Waals surface area contributed by atoms with Crippen LogP contribution >= 0.6 is 11.3 Å². The molecule has 0 bridgehead atoms. The molecule has 51 heavy (non-hydrogen) atoms. The molecule has 15 nitrogen and oxygen atoms in total. The van der Waals surface area contributed by atoms with Gasteiger partial charge in [-0.1, -0.05) is 25.1 Å². The van der Waals surface area contributed by atoms with Crippen LogP contribution in [0.25, 0.3) is 0 Å². The number of rotatable bonds is 22. The summed E-state index contributed by atoms with van der Waals surface area (Å²) in [5.41, 5.74) is 3.15. The Kier molecular flexibility index (Phi) is 19.6. The quantitative estimate of drug-likeness (QED) is 0.113. The molecule has 280 valence electrons. The lowest BCUT2D eigenvalue weighted by molar-refractivity contribution is -0.121. The number of fused-ring (bicyclic) bond motifs is 1. The first-order valence-corrected chi connectivity index (χ1v) is 17.8. The molecule has 0 fully saturated rings. The molecule has 0 saturated carbocycles. The molecule has 0 atom stereocenters. The molecule has 2 amide bonds. The van der Waals surface area contributed by atoms with E-state index in [2.05, 4.69) is 44.5 Å². The van der Waals surface area contributed by atoms with Crippen molar-refractivity contribution in [2.75, 3.05) is 73.6 Å². The number of ketones is 1. The summed E-state index contributed by atoms with van der Waals surface area (Å²) in [6.07, 6.45) is 3.31. The van der Waals surface area contributed by atoms with Gasteiger partial charge in [-0.15, -0.1) is 16.4 Å². The molecular formula is C35H50N6O9S. The number of benzene rings is 1. The van der Waals surface area contributed by atoms with Gasteiger partial charge in [-0.3, -0.25) is 19.6 Å². The summed E-state index contributed by atoms with van der Waals surface area (Å²) in [6.45, 7) is 10.1. The van der Waals surface area contributed by atoms with Crippen molar-refractivity contribution in [2.24, 2.45) is 10.9 Å². The van der Waals surface area contributed by atoms with Crippen molar-refractivity contribution in [2.45, 2.75) is 46.3 Å². The number of hydrogen-bond acceptors (Lipinski definition) is 13. The van der Waals surface area contributed by atoms with Crippen LogP contribution in [0.2, 0.25) is 0 Å². The lowest BCUT2D eigenvalue weighted by atomic mass is 10.0. The molecule has 3 heterocycles. The van der Waals surface area contributed by atoms with E-state index < -0.39 is 6.09 Å². The third-order valence-electron chi connectivity index (χ3n) is 7.14. The fourth-order valence-electron chi connectivity index (χ4n) is 4.38. The second kappa shape index (κ2) is 24.2. The Bertz CT molecular complexity index is 1500. The number of nitrogens with one attached hydrogen (secondary N) is 2. The van der Waals surface area contributed by atoms with Gasteiger partial charge in [-0.2, -0.15) is 0 Å². The van der Waals surface area contributed by atoms with Gasteiger partial charge in [-0.25, -0.2) is 9.79 Å². The highest BCUT2D eigenvalue weighted by molar-refractivity contribution is 7.12. The molecule has 2 N–H and O–H groups in total. The van der Waals surface area contributed by atoms with E-state index in [1.165, 1.54) is 18.4 Å². The maximum absolute atomic E-state index is 12.3. The fraction of sp³-hybridized carbons (Fsp3) is 0.543. The largest absolute Gasteiger partial charge is 0.453 e. The average Bonchev–Trinajstić information content (AvgIpc) is 3.91. The molecule has 16 heteroatoms. The summed E-state index contributed by atoms with van der Waals surface area (Å²) in [4.78, 5) is 39.5. The Labute approximate surface area is 303 Å². The zero-order chi connectivity index (χ0) is 36.7. The Morgan fingerprint density at radius 3 is 2.20 bits per heavy atom. The van der Waals surface area contributed by atoms with Crippen molar-refractivity contribution in [3.8, 4) is 0 Å². The van der Waals surface area contributed by atoms with E-state index in [0.717, 1.165) is 29.9 Å². The molecule has 0 unspecified atom stereocenters. The van der Waals surface area contributed by atoms with Crippen LogP contribution in [-0.2, 0) is 52.8 Å². The number of methoxy groups -OCH3 is 1. The lowest BCUT2D eigenvalue weighted by Crippen LogP contribution is -2.30. The van der Waals surface area contributed by atoms with E-state index in [0.29, 0.717) is 101 Å². The van der Waals surface area contributed by atoms with E-state index in [4.69, 9.17) is 23.7 Å². The fourth-order valence-corrected chi connectivity index (χ4v) is 5.07. The number of carbonyl (C=O) groups is 3. The first-order chi connectivity index (χ1) is 24.8. The van der Waals surface area contributed by atoms with Gasteiger partial charge < -0.3 is 33.7 Å². The maximum Gasteiger partial charge on any atom is 0.412 e. The predicted molar refractivity (Wildman–Crippen MR) is 192 cm³/mol. The molecule has 0 saturated heterocycles. The third-order valence-corrected chi connectivity index (χ3v) is 8.01. The molecule has 0 spiro atoms. The smallest absolute Gasteiger partial charge is 0.412 e. The number of aliphatic imine (C=N–C) groups is 1. The Hall–Kier alpha value is -4.06.